The molecule has 2 saturated heterocycles. The molecular weight excluding hydrogens is 353 g/mol. The highest BCUT2D eigenvalue weighted by molar-refractivity contribution is 5.62. The molecule has 0 amide bonds. The molecule has 5 nitrogen and oxygen atoms in total. The maximum Gasteiger partial charge on any atom is 0.143 e. The summed E-state index contributed by atoms with van der Waals surface area (Å²) in [7, 11) is 0. The van der Waals surface area contributed by atoms with Gasteiger partial charge in [0.05, 0.1) is 11.4 Å². The average Bonchev–Trinajstić information content (AvgIpc) is 3.20. The van der Waals surface area contributed by atoms with Gasteiger partial charge in [0, 0.05) is 38.9 Å². The first-order chi connectivity index (χ1) is 13.5. The molecule has 2 aliphatic heterocycles. The second-order valence-electron chi connectivity index (χ2n) is 8.52. The first-order valence-corrected chi connectivity index (χ1v) is 10.00. The number of benzene rings is 1. The number of hydrogen-bond acceptors (Lipinski definition) is 5. The second kappa shape index (κ2) is 7.84. The number of fused-ring (bicyclic) bond motifs is 1. The summed E-state index contributed by atoms with van der Waals surface area (Å²) >= 11 is 0. The van der Waals surface area contributed by atoms with Crippen molar-refractivity contribution >= 4 is 5.69 Å². The summed E-state index contributed by atoms with van der Waals surface area (Å²) in [5.41, 5.74) is 2.93. The van der Waals surface area contributed by atoms with E-state index >= 15 is 0 Å². The lowest BCUT2D eigenvalue weighted by molar-refractivity contribution is 0.304. The molecule has 0 spiro atoms. The molecule has 3 heterocycles. The Morgan fingerprint density at radius 2 is 1.96 bits per heavy atom. The van der Waals surface area contributed by atoms with Crippen LogP contribution in [-0.2, 0) is 13.0 Å². The summed E-state index contributed by atoms with van der Waals surface area (Å²) in [6.07, 6.45) is 2.52. The fourth-order valence-electron chi connectivity index (χ4n) is 4.66. The van der Waals surface area contributed by atoms with Crippen LogP contribution in [-0.4, -0.2) is 41.3 Å². The van der Waals surface area contributed by atoms with Crippen molar-refractivity contribution in [2.45, 2.75) is 26.8 Å². The van der Waals surface area contributed by atoms with Gasteiger partial charge in [0.1, 0.15) is 17.4 Å². The van der Waals surface area contributed by atoms with E-state index < -0.39 is 5.82 Å². The molecule has 2 fully saturated rings. The normalized spacial score (nSPS) is 21.9. The van der Waals surface area contributed by atoms with Crippen molar-refractivity contribution in [3.8, 4) is 6.07 Å². The number of anilines is 1. The van der Waals surface area contributed by atoms with Crippen LogP contribution in [0.2, 0.25) is 0 Å². The van der Waals surface area contributed by atoms with E-state index in [4.69, 9.17) is 0 Å². The van der Waals surface area contributed by atoms with Crippen LogP contribution in [0.1, 0.15) is 30.7 Å². The van der Waals surface area contributed by atoms with E-state index in [2.05, 4.69) is 39.9 Å². The van der Waals surface area contributed by atoms with Crippen molar-refractivity contribution in [2.24, 2.45) is 17.8 Å². The van der Waals surface area contributed by atoms with Crippen LogP contribution in [0.3, 0.4) is 0 Å². The fourth-order valence-corrected chi connectivity index (χ4v) is 4.66. The minimum Gasteiger partial charge on any atom is -0.370 e. The quantitative estimate of drug-likeness (QED) is 0.798. The van der Waals surface area contributed by atoms with E-state index in [1.807, 2.05) is 18.2 Å². The van der Waals surface area contributed by atoms with Crippen LogP contribution in [0.4, 0.5) is 10.1 Å². The third-order valence-corrected chi connectivity index (χ3v) is 5.80. The third kappa shape index (κ3) is 3.85. The number of halogens is 1. The Morgan fingerprint density at radius 1 is 1.21 bits per heavy atom. The molecule has 0 bridgehead atoms. The molecule has 0 N–H and O–H groups in total. The van der Waals surface area contributed by atoms with Gasteiger partial charge in [0.15, 0.2) is 0 Å². The fraction of sp³-hybridized carbons (Fsp3) is 0.500. The minimum atomic E-state index is -0.392. The topological polar surface area (TPSA) is 56.1 Å². The average molecular weight is 379 g/mol. The van der Waals surface area contributed by atoms with Crippen LogP contribution in [0, 0.1) is 34.9 Å². The molecular formula is C22H26FN5. The van der Waals surface area contributed by atoms with Crippen LogP contribution >= 0.6 is 0 Å². The van der Waals surface area contributed by atoms with E-state index in [1.165, 1.54) is 6.07 Å². The van der Waals surface area contributed by atoms with Gasteiger partial charge in [-0.1, -0.05) is 13.8 Å². The highest BCUT2D eigenvalue weighted by atomic mass is 19.1. The largest absolute Gasteiger partial charge is 0.370 e. The van der Waals surface area contributed by atoms with Crippen molar-refractivity contribution in [3.63, 3.8) is 0 Å². The van der Waals surface area contributed by atoms with E-state index in [0.29, 0.717) is 17.8 Å². The highest BCUT2D eigenvalue weighted by Gasteiger charge is 2.40. The van der Waals surface area contributed by atoms with Gasteiger partial charge < -0.3 is 4.90 Å². The van der Waals surface area contributed by atoms with E-state index in [0.717, 1.165) is 56.1 Å². The predicted octanol–water partition coefficient (Wildman–Crippen LogP) is 3.25. The summed E-state index contributed by atoms with van der Waals surface area (Å²) in [5, 5.41) is 17.6. The van der Waals surface area contributed by atoms with Crippen molar-refractivity contribution in [3.05, 3.63) is 53.1 Å². The van der Waals surface area contributed by atoms with Crippen molar-refractivity contribution in [2.75, 3.05) is 31.1 Å². The number of aromatic nitrogens is 2. The molecule has 2 unspecified atom stereocenters. The van der Waals surface area contributed by atoms with Gasteiger partial charge in [-0.25, -0.2) is 4.39 Å². The minimum absolute atomic E-state index is 0.184. The van der Waals surface area contributed by atoms with Gasteiger partial charge in [0.2, 0.25) is 0 Å². The zero-order valence-corrected chi connectivity index (χ0v) is 16.5. The molecule has 2 aliphatic rings. The van der Waals surface area contributed by atoms with Crippen molar-refractivity contribution < 1.29 is 4.39 Å². The molecule has 0 aliphatic carbocycles. The Labute approximate surface area is 165 Å². The lowest BCUT2D eigenvalue weighted by atomic mass is 9.99. The first kappa shape index (κ1) is 18.8. The summed E-state index contributed by atoms with van der Waals surface area (Å²) in [4.78, 5) is 4.65. The maximum atomic E-state index is 14.5. The molecule has 2 atom stereocenters. The summed E-state index contributed by atoms with van der Waals surface area (Å²) in [5.74, 6) is 1.14. The van der Waals surface area contributed by atoms with Crippen LogP contribution in [0.15, 0.2) is 30.5 Å². The molecule has 0 radical (unpaired) electrons. The Hall–Kier alpha value is -2.52. The Morgan fingerprint density at radius 3 is 2.57 bits per heavy atom. The van der Waals surface area contributed by atoms with Gasteiger partial charge in [-0.05, 0) is 54.0 Å². The molecule has 28 heavy (non-hydrogen) atoms. The number of hydrogen-bond donors (Lipinski definition) is 0. The third-order valence-electron chi connectivity index (χ3n) is 5.80. The molecule has 0 saturated carbocycles. The van der Waals surface area contributed by atoms with Gasteiger partial charge in [0.25, 0.3) is 0 Å². The zero-order chi connectivity index (χ0) is 19.7. The predicted molar refractivity (Wildman–Crippen MR) is 106 cm³/mol. The number of nitriles is 1. The Balaban J connectivity index is 1.47. The molecule has 146 valence electrons. The second-order valence-corrected chi connectivity index (χ2v) is 8.52. The van der Waals surface area contributed by atoms with E-state index in [-0.39, 0.29) is 5.56 Å². The van der Waals surface area contributed by atoms with Crippen LogP contribution < -0.4 is 4.90 Å². The Bertz CT molecular complexity index is 862. The molecule has 6 heteroatoms. The lowest BCUT2D eigenvalue weighted by Gasteiger charge is -2.24. The molecule has 2 aromatic rings. The highest BCUT2D eigenvalue weighted by Crippen LogP contribution is 2.37. The molecule has 4 rings (SSSR count). The van der Waals surface area contributed by atoms with Gasteiger partial charge in [-0.2, -0.15) is 15.5 Å². The standard InChI is InChI=1S/C22H26FN5/c1-15(2)6-16-7-21(23)20(9-24)22(8-16)28-12-17-10-27(11-18(17)13-28)14-19-4-3-5-25-26-19/h3-5,7-8,15,17-18H,6,10-14H2,1-2H3. The van der Waals surface area contributed by atoms with Crippen LogP contribution in [0.5, 0.6) is 0 Å². The Kier molecular flexibility index (Phi) is 5.27. The summed E-state index contributed by atoms with van der Waals surface area (Å²) < 4.78 is 14.5. The number of likely N-dealkylation sites (tertiary alicyclic amines) is 1. The summed E-state index contributed by atoms with van der Waals surface area (Å²) in [6.45, 7) is 8.84. The van der Waals surface area contributed by atoms with Gasteiger partial charge in [-0.3, -0.25) is 4.90 Å². The molecule has 1 aromatic heterocycles. The maximum absolute atomic E-state index is 14.5. The van der Waals surface area contributed by atoms with Crippen molar-refractivity contribution in [1.29, 1.82) is 5.26 Å². The monoisotopic (exact) mass is 379 g/mol. The molecule has 1 aromatic carbocycles. The van der Waals surface area contributed by atoms with Gasteiger partial charge in [-0.15, -0.1) is 0 Å². The number of nitrogens with zero attached hydrogens (tertiary/aromatic N) is 5. The van der Waals surface area contributed by atoms with Crippen LogP contribution in [0.25, 0.3) is 0 Å². The van der Waals surface area contributed by atoms with Crippen molar-refractivity contribution in [1.82, 2.24) is 15.1 Å². The SMILES string of the molecule is CC(C)Cc1cc(F)c(C#N)c(N2CC3CN(Cc4cccnn4)CC3C2)c1. The first-order valence-electron chi connectivity index (χ1n) is 10.00. The lowest BCUT2D eigenvalue weighted by Crippen LogP contribution is -2.29. The zero-order valence-electron chi connectivity index (χ0n) is 16.5. The van der Waals surface area contributed by atoms with Gasteiger partial charge >= 0.3 is 0 Å². The van der Waals surface area contributed by atoms with E-state index in [9.17, 15) is 9.65 Å². The summed E-state index contributed by atoms with van der Waals surface area (Å²) in [6, 6.07) is 9.57. The van der Waals surface area contributed by atoms with E-state index in [1.54, 1.807) is 6.20 Å². The smallest absolute Gasteiger partial charge is 0.143 e. The number of rotatable bonds is 5.